The first-order chi connectivity index (χ1) is 13.1. The third-order valence-corrected chi connectivity index (χ3v) is 4.81. The molecule has 0 aliphatic heterocycles. The molecule has 0 spiro atoms. The molecule has 2 heterocycles. The van der Waals surface area contributed by atoms with Gasteiger partial charge in [0.2, 0.25) is 5.13 Å². The fraction of sp³-hybridized carbons (Fsp3) is 0. The van der Waals surface area contributed by atoms with E-state index < -0.39 is 5.91 Å². The van der Waals surface area contributed by atoms with Crippen LogP contribution in [-0.4, -0.2) is 20.4 Å². The smallest absolute Gasteiger partial charge is 0.279 e. The number of benzene rings is 2. The Morgan fingerprint density at radius 1 is 1.07 bits per heavy atom. The van der Waals surface area contributed by atoms with Gasteiger partial charge in [0.1, 0.15) is 0 Å². The van der Waals surface area contributed by atoms with Crippen molar-refractivity contribution in [3.05, 3.63) is 70.3 Å². The van der Waals surface area contributed by atoms with Crippen molar-refractivity contribution < 1.29 is 9.32 Å². The molecule has 27 heavy (non-hydrogen) atoms. The number of amides is 1. The maximum atomic E-state index is 12.4. The molecule has 0 saturated heterocycles. The van der Waals surface area contributed by atoms with Gasteiger partial charge in [-0.1, -0.05) is 52.6 Å². The molecule has 9 heteroatoms. The van der Waals surface area contributed by atoms with Gasteiger partial charge in [-0.2, -0.15) is 9.36 Å². The second-order valence-corrected chi connectivity index (χ2v) is 7.04. The Labute approximate surface area is 167 Å². The van der Waals surface area contributed by atoms with Crippen molar-refractivity contribution in [3.8, 4) is 22.7 Å². The second kappa shape index (κ2) is 7.48. The minimum Gasteiger partial charge on any atom is -0.355 e. The van der Waals surface area contributed by atoms with Crippen molar-refractivity contribution in [1.82, 2.24) is 14.5 Å². The predicted molar refractivity (Wildman–Crippen MR) is 105 cm³/mol. The van der Waals surface area contributed by atoms with Gasteiger partial charge in [0.05, 0.1) is 5.02 Å². The summed E-state index contributed by atoms with van der Waals surface area (Å²) in [5, 5.41) is 7.90. The number of anilines is 1. The molecule has 134 valence electrons. The van der Waals surface area contributed by atoms with Crippen LogP contribution >= 0.6 is 34.7 Å². The first-order valence-corrected chi connectivity index (χ1v) is 9.26. The van der Waals surface area contributed by atoms with Crippen LogP contribution in [0.3, 0.4) is 0 Å². The molecule has 0 unspecified atom stereocenters. The summed E-state index contributed by atoms with van der Waals surface area (Å²) >= 11 is 13.2. The van der Waals surface area contributed by atoms with Crippen LogP contribution in [0.1, 0.15) is 10.5 Å². The quantitative estimate of drug-likeness (QED) is 0.480. The van der Waals surface area contributed by atoms with Crippen molar-refractivity contribution in [2.24, 2.45) is 0 Å². The number of aromatic nitrogens is 3. The van der Waals surface area contributed by atoms with Gasteiger partial charge in [-0.25, -0.2) is 0 Å². The van der Waals surface area contributed by atoms with E-state index in [9.17, 15) is 4.79 Å². The third-order valence-electron chi connectivity index (χ3n) is 3.61. The molecule has 0 bridgehead atoms. The molecule has 4 rings (SSSR count). The SMILES string of the molecule is O=C(Nc1nc(-c2cccc(Cl)c2)ns1)c1cc(-c2ccccc2Cl)on1. The van der Waals surface area contributed by atoms with E-state index in [-0.39, 0.29) is 5.69 Å². The van der Waals surface area contributed by atoms with Crippen LogP contribution in [0, 0.1) is 0 Å². The largest absolute Gasteiger partial charge is 0.355 e. The van der Waals surface area contributed by atoms with Gasteiger partial charge < -0.3 is 4.52 Å². The topological polar surface area (TPSA) is 80.9 Å². The average molecular weight is 417 g/mol. The van der Waals surface area contributed by atoms with Crippen LogP contribution in [0.4, 0.5) is 5.13 Å². The maximum Gasteiger partial charge on any atom is 0.279 e. The van der Waals surface area contributed by atoms with E-state index in [1.165, 1.54) is 6.07 Å². The molecule has 0 aliphatic carbocycles. The lowest BCUT2D eigenvalue weighted by molar-refractivity contribution is 0.101. The Morgan fingerprint density at radius 3 is 2.74 bits per heavy atom. The molecule has 6 nitrogen and oxygen atoms in total. The van der Waals surface area contributed by atoms with E-state index in [1.807, 2.05) is 24.3 Å². The van der Waals surface area contributed by atoms with Gasteiger partial charge in [-0.3, -0.25) is 10.1 Å². The van der Waals surface area contributed by atoms with E-state index >= 15 is 0 Å². The Kier molecular flexibility index (Phi) is 4.89. The van der Waals surface area contributed by atoms with Crippen molar-refractivity contribution in [1.29, 1.82) is 0 Å². The van der Waals surface area contributed by atoms with E-state index in [2.05, 4.69) is 19.8 Å². The van der Waals surface area contributed by atoms with Gasteiger partial charge in [-0.05, 0) is 24.3 Å². The highest BCUT2D eigenvalue weighted by Crippen LogP contribution is 2.28. The minimum absolute atomic E-state index is 0.115. The number of rotatable bonds is 4. The first kappa shape index (κ1) is 17.7. The Morgan fingerprint density at radius 2 is 1.93 bits per heavy atom. The van der Waals surface area contributed by atoms with Crippen LogP contribution in [-0.2, 0) is 0 Å². The lowest BCUT2D eigenvalue weighted by Gasteiger charge is -1.97. The summed E-state index contributed by atoms with van der Waals surface area (Å²) in [5.41, 5.74) is 1.54. The standard InChI is InChI=1S/C18H10Cl2N4O2S/c19-11-5-3-4-10(8-11)16-21-18(27-24-16)22-17(25)14-9-15(26-23-14)12-6-1-2-7-13(12)20/h1-9H,(H,21,22,24,25). The number of carbonyl (C=O) groups is 1. The van der Waals surface area contributed by atoms with Gasteiger partial charge >= 0.3 is 0 Å². The zero-order chi connectivity index (χ0) is 18.8. The molecule has 1 N–H and O–H groups in total. The summed E-state index contributed by atoms with van der Waals surface area (Å²) in [6, 6.07) is 15.8. The van der Waals surface area contributed by atoms with E-state index in [1.54, 1.807) is 24.3 Å². The monoisotopic (exact) mass is 416 g/mol. The van der Waals surface area contributed by atoms with Crippen molar-refractivity contribution >= 4 is 45.8 Å². The van der Waals surface area contributed by atoms with Gasteiger partial charge in [0, 0.05) is 33.7 Å². The van der Waals surface area contributed by atoms with Crippen molar-refractivity contribution in [3.63, 3.8) is 0 Å². The normalized spacial score (nSPS) is 10.7. The van der Waals surface area contributed by atoms with E-state index in [4.69, 9.17) is 27.7 Å². The summed E-state index contributed by atoms with van der Waals surface area (Å²) in [7, 11) is 0. The highest BCUT2D eigenvalue weighted by atomic mass is 35.5. The molecular formula is C18H10Cl2N4O2S. The van der Waals surface area contributed by atoms with Crippen LogP contribution in [0.2, 0.25) is 10.0 Å². The summed E-state index contributed by atoms with van der Waals surface area (Å²) < 4.78 is 9.47. The molecule has 0 radical (unpaired) electrons. The fourth-order valence-corrected chi connectivity index (χ4v) is 3.35. The predicted octanol–water partition coefficient (Wildman–Crippen LogP) is 5.42. The summed E-state index contributed by atoms with van der Waals surface area (Å²) in [5.74, 6) is 0.434. The minimum atomic E-state index is -0.453. The number of carbonyl (C=O) groups excluding carboxylic acids is 1. The van der Waals surface area contributed by atoms with E-state index in [0.29, 0.717) is 32.3 Å². The molecule has 2 aromatic heterocycles. The Bertz CT molecular complexity index is 1130. The van der Waals surface area contributed by atoms with Gasteiger partial charge in [-0.15, -0.1) is 0 Å². The number of halogens is 2. The van der Waals surface area contributed by atoms with Crippen LogP contribution < -0.4 is 5.32 Å². The number of hydrogen-bond donors (Lipinski definition) is 1. The lowest BCUT2D eigenvalue weighted by Crippen LogP contribution is -2.11. The molecule has 0 aliphatic rings. The Hall–Kier alpha value is -2.74. The molecule has 2 aromatic carbocycles. The molecular weight excluding hydrogens is 407 g/mol. The van der Waals surface area contributed by atoms with Crippen molar-refractivity contribution in [2.45, 2.75) is 0 Å². The van der Waals surface area contributed by atoms with Gasteiger partial charge in [0.15, 0.2) is 17.3 Å². The Balaban J connectivity index is 1.51. The summed E-state index contributed by atoms with van der Waals surface area (Å²) in [6.07, 6.45) is 0. The number of hydrogen-bond acceptors (Lipinski definition) is 6. The summed E-state index contributed by atoms with van der Waals surface area (Å²) in [6.45, 7) is 0. The van der Waals surface area contributed by atoms with Crippen LogP contribution in [0.5, 0.6) is 0 Å². The number of nitrogens with zero attached hydrogens (tertiary/aromatic N) is 3. The van der Waals surface area contributed by atoms with Crippen LogP contribution in [0.15, 0.2) is 59.1 Å². The number of nitrogens with one attached hydrogen (secondary N) is 1. The van der Waals surface area contributed by atoms with Gasteiger partial charge in [0.25, 0.3) is 5.91 Å². The average Bonchev–Trinajstić information content (AvgIpc) is 3.32. The fourth-order valence-electron chi connectivity index (χ4n) is 2.35. The maximum absolute atomic E-state index is 12.4. The molecule has 0 saturated carbocycles. The molecule has 0 fully saturated rings. The van der Waals surface area contributed by atoms with E-state index in [0.717, 1.165) is 17.1 Å². The molecule has 1 amide bonds. The zero-order valence-electron chi connectivity index (χ0n) is 13.5. The lowest BCUT2D eigenvalue weighted by atomic mass is 10.1. The first-order valence-electron chi connectivity index (χ1n) is 7.73. The second-order valence-electron chi connectivity index (χ2n) is 5.44. The highest BCUT2D eigenvalue weighted by molar-refractivity contribution is 7.10. The molecule has 4 aromatic rings. The third kappa shape index (κ3) is 3.85. The summed E-state index contributed by atoms with van der Waals surface area (Å²) in [4.78, 5) is 16.7. The van der Waals surface area contributed by atoms with Crippen molar-refractivity contribution in [2.75, 3.05) is 5.32 Å². The highest BCUT2D eigenvalue weighted by Gasteiger charge is 2.17. The van der Waals surface area contributed by atoms with Crippen LogP contribution in [0.25, 0.3) is 22.7 Å². The molecule has 0 atom stereocenters. The zero-order valence-corrected chi connectivity index (χ0v) is 15.8.